The highest BCUT2D eigenvalue weighted by molar-refractivity contribution is 6.31. The first-order chi connectivity index (χ1) is 14.8. The molecule has 0 aliphatic carbocycles. The van der Waals surface area contributed by atoms with Crippen molar-refractivity contribution in [2.75, 3.05) is 0 Å². The molecule has 0 atom stereocenters. The van der Waals surface area contributed by atoms with Crippen LogP contribution in [0.15, 0.2) is 47.3 Å². The van der Waals surface area contributed by atoms with Gasteiger partial charge in [-0.05, 0) is 43.2 Å². The zero-order valence-electron chi connectivity index (χ0n) is 17.2. The molecule has 5 rings (SSSR count). The summed E-state index contributed by atoms with van der Waals surface area (Å²) in [5, 5.41) is 0.367. The molecule has 0 N–H and O–H groups in total. The van der Waals surface area contributed by atoms with Crippen molar-refractivity contribution >= 4 is 44.8 Å². The normalized spacial score (nSPS) is 11.9. The van der Waals surface area contributed by atoms with E-state index in [9.17, 15) is 9.18 Å². The second kappa shape index (κ2) is 7.13. The van der Waals surface area contributed by atoms with E-state index in [1.165, 1.54) is 12.1 Å². The Hall–Kier alpha value is -3.32. The molecular weight excluding hydrogens is 417 g/mol. The molecule has 31 heavy (non-hydrogen) atoms. The van der Waals surface area contributed by atoms with Crippen LogP contribution in [0.5, 0.6) is 0 Å². The van der Waals surface area contributed by atoms with Crippen LogP contribution in [0.25, 0.3) is 38.9 Å². The van der Waals surface area contributed by atoms with Gasteiger partial charge in [0.15, 0.2) is 11.3 Å². The minimum Gasteiger partial charge on any atom is -0.296 e. The molecule has 0 saturated carbocycles. The number of aryl methyl sites for hydroxylation is 1. The largest absolute Gasteiger partial charge is 0.296 e. The van der Waals surface area contributed by atoms with Gasteiger partial charge in [-0.15, -0.1) is 0 Å². The fraction of sp³-hybridized carbons (Fsp3) is 0.217. The molecule has 0 aliphatic rings. The van der Waals surface area contributed by atoms with Crippen LogP contribution in [-0.2, 0) is 6.54 Å². The quantitative estimate of drug-likeness (QED) is 0.398. The Bertz CT molecular complexity index is 1550. The fourth-order valence-corrected chi connectivity index (χ4v) is 4.05. The van der Waals surface area contributed by atoms with Gasteiger partial charge in [-0.2, -0.15) is 0 Å². The number of benzene rings is 2. The monoisotopic (exact) mass is 435 g/mol. The second-order valence-corrected chi connectivity index (χ2v) is 8.39. The van der Waals surface area contributed by atoms with Crippen LogP contribution >= 0.6 is 11.6 Å². The number of fused-ring (bicyclic) bond motifs is 4. The van der Waals surface area contributed by atoms with E-state index in [0.717, 1.165) is 0 Å². The van der Waals surface area contributed by atoms with Gasteiger partial charge in [-0.1, -0.05) is 37.6 Å². The van der Waals surface area contributed by atoms with Crippen LogP contribution < -0.4 is 5.56 Å². The van der Waals surface area contributed by atoms with E-state index in [4.69, 9.17) is 26.6 Å². The van der Waals surface area contributed by atoms with Gasteiger partial charge in [0.2, 0.25) is 0 Å². The topological polar surface area (TPSA) is 65.6 Å². The van der Waals surface area contributed by atoms with Crippen molar-refractivity contribution in [2.24, 2.45) is 5.92 Å². The number of hydrogen-bond acceptors (Lipinski definition) is 4. The van der Waals surface area contributed by atoms with Gasteiger partial charge in [0.25, 0.3) is 5.56 Å². The standard InChI is InChI=1S/C23H19ClFN5O/c1-12(2)11-29-13(3)26-21-19(23(29)31)20-22(28-18-7-5-4-6-17(18)27-20)30(21)14-8-9-16(25)15(24)10-14/h4-10,12H,11H2,1-3H3. The summed E-state index contributed by atoms with van der Waals surface area (Å²) in [6, 6.07) is 11.8. The first kappa shape index (κ1) is 19.6. The van der Waals surface area contributed by atoms with Crippen molar-refractivity contribution in [3.63, 3.8) is 0 Å². The third kappa shape index (κ3) is 3.08. The zero-order valence-corrected chi connectivity index (χ0v) is 18.0. The summed E-state index contributed by atoms with van der Waals surface area (Å²) in [6.07, 6.45) is 0. The van der Waals surface area contributed by atoms with E-state index in [1.54, 1.807) is 22.1 Å². The Labute approximate surface area is 181 Å². The average molecular weight is 436 g/mol. The third-order valence-corrected chi connectivity index (χ3v) is 5.55. The summed E-state index contributed by atoms with van der Waals surface area (Å²) in [6.45, 7) is 6.45. The van der Waals surface area contributed by atoms with Crippen molar-refractivity contribution in [3.8, 4) is 5.69 Å². The molecular formula is C23H19ClFN5O. The molecule has 0 saturated heterocycles. The maximum absolute atomic E-state index is 13.8. The number of rotatable bonds is 3. The van der Waals surface area contributed by atoms with Crippen molar-refractivity contribution in [1.29, 1.82) is 0 Å². The molecule has 2 aromatic carbocycles. The van der Waals surface area contributed by atoms with E-state index >= 15 is 0 Å². The molecule has 3 heterocycles. The van der Waals surface area contributed by atoms with Crippen LogP contribution in [-0.4, -0.2) is 24.1 Å². The molecule has 0 aliphatic heterocycles. The van der Waals surface area contributed by atoms with Crippen LogP contribution in [0.2, 0.25) is 5.02 Å². The van der Waals surface area contributed by atoms with Crippen molar-refractivity contribution in [3.05, 3.63) is 69.5 Å². The first-order valence-electron chi connectivity index (χ1n) is 9.99. The summed E-state index contributed by atoms with van der Waals surface area (Å²) in [5.74, 6) is 0.339. The van der Waals surface area contributed by atoms with E-state index in [-0.39, 0.29) is 16.5 Å². The summed E-state index contributed by atoms with van der Waals surface area (Å²) < 4.78 is 17.2. The predicted octanol–water partition coefficient (Wildman–Crippen LogP) is 5.04. The van der Waals surface area contributed by atoms with Gasteiger partial charge in [0.1, 0.15) is 22.5 Å². The summed E-state index contributed by atoms with van der Waals surface area (Å²) in [4.78, 5) is 27.9. The molecule has 8 heteroatoms. The van der Waals surface area contributed by atoms with Gasteiger partial charge >= 0.3 is 0 Å². The number of aromatic nitrogens is 5. The van der Waals surface area contributed by atoms with Gasteiger partial charge in [-0.3, -0.25) is 13.9 Å². The maximum Gasteiger partial charge on any atom is 0.265 e. The Balaban J connectivity index is 1.99. The Morgan fingerprint density at radius 1 is 1.03 bits per heavy atom. The molecule has 0 radical (unpaired) electrons. The summed E-state index contributed by atoms with van der Waals surface area (Å²) in [7, 11) is 0. The van der Waals surface area contributed by atoms with E-state index < -0.39 is 5.82 Å². The van der Waals surface area contributed by atoms with Gasteiger partial charge in [0.05, 0.1) is 21.7 Å². The average Bonchev–Trinajstić information content (AvgIpc) is 3.04. The predicted molar refractivity (Wildman–Crippen MR) is 120 cm³/mol. The van der Waals surface area contributed by atoms with E-state index in [0.29, 0.717) is 51.3 Å². The number of nitrogens with zero attached hydrogens (tertiary/aromatic N) is 5. The lowest BCUT2D eigenvalue weighted by Crippen LogP contribution is -2.26. The zero-order chi connectivity index (χ0) is 21.9. The molecule has 0 amide bonds. The van der Waals surface area contributed by atoms with Crippen molar-refractivity contribution < 1.29 is 4.39 Å². The minimum atomic E-state index is -0.522. The molecule has 0 bridgehead atoms. The third-order valence-electron chi connectivity index (χ3n) is 5.26. The van der Waals surface area contributed by atoms with Crippen LogP contribution in [0.1, 0.15) is 19.7 Å². The molecule has 5 aromatic rings. The number of para-hydroxylation sites is 2. The minimum absolute atomic E-state index is 0.0221. The van der Waals surface area contributed by atoms with Gasteiger partial charge in [0, 0.05) is 6.54 Å². The lowest BCUT2D eigenvalue weighted by atomic mass is 10.2. The van der Waals surface area contributed by atoms with E-state index in [2.05, 4.69) is 0 Å². The van der Waals surface area contributed by atoms with Crippen molar-refractivity contribution in [1.82, 2.24) is 24.1 Å². The van der Waals surface area contributed by atoms with Crippen molar-refractivity contribution in [2.45, 2.75) is 27.3 Å². The highest BCUT2D eigenvalue weighted by atomic mass is 35.5. The summed E-state index contributed by atoms with van der Waals surface area (Å²) in [5.41, 5.74) is 3.12. The fourth-order valence-electron chi connectivity index (χ4n) is 3.88. The SMILES string of the molecule is Cc1nc2c(c(=O)n1CC(C)C)c1nc3ccccc3nc1n2-c1ccc(F)c(Cl)c1. The van der Waals surface area contributed by atoms with Crippen LogP contribution in [0, 0.1) is 18.7 Å². The highest BCUT2D eigenvalue weighted by Gasteiger charge is 2.22. The van der Waals surface area contributed by atoms with Gasteiger partial charge in [-0.25, -0.2) is 19.3 Å². The highest BCUT2D eigenvalue weighted by Crippen LogP contribution is 2.30. The Kier molecular flexibility index (Phi) is 4.51. The molecule has 0 spiro atoms. The van der Waals surface area contributed by atoms with E-state index in [1.807, 2.05) is 38.1 Å². The molecule has 156 valence electrons. The first-order valence-corrected chi connectivity index (χ1v) is 10.4. The molecule has 0 unspecified atom stereocenters. The van der Waals surface area contributed by atoms with Crippen LogP contribution in [0.3, 0.4) is 0 Å². The molecule has 3 aromatic heterocycles. The van der Waals surface area contributed by atoms with Gasteiger partial charge < -0.3 is 0 Å². The molecule has 6 nitrogen and oxygen atoms in total. The smallest absolute Gasteiger partial charge is 0.265 e. The maximum atomic E-state index is 13.8. The molecule has 0 fully saturated rings. The summed E-state index contributed by atoms with van der Waals surface area (Å²) >= 11 is 6.06. The Morgan fingerprint density at radius 2 is 1.74 bits per heavy atom. The number of hydrogen-bond donors (Lipinski definition) is 0. The lowest BCUT2D eigenvalue weighted by Gasteiger charge is -2.12. The second-order valence-electron chi connectivity index (χ2n) is 7.99. The van der Waals surface area contributed by atoms with Crippen LogP contribution in [0.4, 0.5) is 4.39 Å². The Morgan fingerprint density at radius 3 is 2.42 bits per heavy atom. The lowest BCUT2D eigenvalue weighted by molar-refractivity contribution is 0.498. The number of halogens is 2.